The summed E-state index contributed by atoms with van der Waals surface area (Å²) in [6, 6.07) is 14.4. The molecule has 1 saturated heterocycles. The first-order chi connectivity index (χ1) is 12.0. The maximum absolute atomic E-state index is 12.5. The molecule has 0 saturated carbocycles. The third-order valence-corrected chi connectivity index (χ3v) is 6.06. The maximum atomic E-state index is 12.5. The fraction of sp³-hybridized carbons (Fsp3) is 0.368. The molecule has 25 heavy (non-hydrogen) atoms. The molecular formula is C19H24N2O3S. The summed E-state index contributed by atoms with van der Waals surface area (Å²) >= 11 is 0. The third-order valence-electron chi connectivity index (χ3n) is 4.52. The van der Waals surface area contributed by atoms with E-state index in [1.54, 1.807) is 37.3 Å². The van der Waals surface area contributed by atoms with Gasteiger partial charge in [0.25, 0.3) is 10.0 Å². The van der Waals surface area contributed by atoms with Crippen LogP contribution >= 0.6 is 0 Å². The van der Waals surface area contributed by atoms with Gasteiger partial charge in [-0.25, -0.2) is 8.42 Å². The maximum Gasteiger partial charge on any atom is 0.262 e. The monoisotopic (exact) mass is 360 g/mol. The van der Waals surface area contributed by atoms with E-state index >= 15 is 0 Å². The van der Waals surface area contributed by atoms with Crippen LogP contribution in [0, 0.1) is 6.92 Å². The summed E-state index contributed by atoms with van der Waals surface area (Å²) in [5.74, 6) is 0. The highest BCUT2D eigenvalue weighted by Crippen LogP contribution is 2.25. The fourth-order valence-electron chi connectivity index (χ4n) is 3.03. The molecule has 0 amide bonds. The number of rotatable bonds is 5. The Morgan fingerprint density at radius 1 is 1.16 bits per heavy atom. The summed E-state index contributed by atoms with van der Waals surface area (Å²) in [6.45, 7) is 7.49. The molecule has 1 heterocycles. The largest absolute Gasteiger partial charge is 0.371 e. The highest BCUT2D eigenvalue weighted by Gasteiger charge is 2.21. The van der Waals surface area contributed by atoms with E-state index in [9.17, 15) is 8.42 Å². The number of likely N-dealkylation sites (N-methyl/N-ethyl adjacent to an activating group) is 1. The zero-order valence-electron chi connectivity index (χ0n) is 14.6. The van der Waals surface area contributed by atoms with Gasteiger partial charge in [-0.15, -0.1) is 0 Å². The normalized spacial score (nSPS) is 18.9. The molecule has 2 aromatic rings. The number of benzene rings is 2. The van der Waals surface area contributed by atoms with Crippen molar-refractivity contribution in [3.63, 3.8) is 0 Å². The molecular weight excluding hydrogens is 336 g/mol. The third kappa shape index (κ3) is 4.21. The van der Waals surface area contributed by atoms with Gasteiger partial charge in [-0.2, -0.15) is 0 Å². The fourth-order valence-corrected chi connectivity index (χ4v) is 4.33. The van der Waals surface area contributed by atoms with E-state index in [0.29, 0.717) is 10.6 Å². The van der Waals surface area contributed by atoms with Crippen LogP contribution in [-0.4, -0.2) is 39.6 Å². The molecule has 1 fully saturated rings. The summed E-state index contributed by atoms with van der Waals surface area (Å²) in [5.41, 5.74) is 2.34. The Bertz CT molecular complexity index is 819. The number of nitrogens with zero attached hydrogens (tertiary/aromatic N) is 1. The Balaban J connectivity index is 1.74. The number of hydrogen-bond acceptors (Lipinski definition) is 4. The highest BCUT2D eigenvalue weighted by molar-refractivity contribution is 7.92. The molecule has 0 aliphatic carbocycles. The standard InChI is InChI=1S/C19H24N2O3S/c1-3-21-12-13-24-18(14-21)16-8-10-17(11-9-16)20-25(22,23)19-7-5-4-6-15(19)2/h4-11,18,20H,3,12-14H2,1-2H3. The van der Waals surface area contributed by atoms with Gasteiger partial charge in [-0.05, 0) is 42.8 Å². The van der Waals surface area contributed by atoms with Crippen molar-refractivity contribution >= 4 is 15.7 Å². The predicted octanol–water partition coefficient (Wildman–Crippen LogP) is 3.19. The van der Waals surface area contributed by atoms with Crippen molar-refractivity contribution in [2.45, 2.75) is 24.8 Å². The average Bonchev–Trinajstić information content (AvgIpc) is 2.62. The summed E-state index contributed by atoms with van der Waals surface area (Å²) in [4.78, 5) is 2.65. The van der Waals surface area contributed by atoms with Crippen LogP contribution in [0.15, 0.2) is 53.4 Å². The van der Waals surface area contributed by atoms with Crippen LogP contribution < -0.4 is 4.72 Å². The van der Waals surface area contributed by atoms with Crippen molar-refractivity contribution in [1.82, 2.24) is 4.90 Å². The number of sulfonamides is 1. The molecule has 1 aliphatic heterocycles. The molecule has 3 rings (SSSR count). The Morgan fingerprint density at radius 2 is 1.88 bits per heavy atom. The minimum atomic E-state index is -3.58. The molecule has 0 bridgehead atoms. The number of hydrogen-bond donors (Lipinski definition) is 1. The minimum Gasteiger partial charge on any atom is -0.371 e. The Morgan fingerprint density at radius 3 is 2.56 bits per heavy atom. The second-order valence-corrected chi connectivity index (χ2v) is 7.90. The first-order valence-electron chi connectivity index (χ1n) is 8.52. The van der Waals surface area contributed by atoms with Gasteiger partial charge in [0.15, 0.2) is 0 Å². The van der Waals surface area contributed by atoms with Crippen LogP contribution in [0.3, 0.4) is 0 Å². The lowest BCUT2D eigenvalue weighted by molar-refractivity contribution is -0.0281. The van der Waals surface area contributed by atoms with Crippen LogP contribution in [0.25, 0.3) is 0 Å². The molecule has 134 valence electrons. The van der Waals surface area contributed by atoms with Gasteiger partial charge in [0.1, 0.15) is 0 Å². The van der Waals surface area contributed by atoms with E-state index in [-0.39, 0.29) is 6.10 Å². The lowest BCUT2D eigenvalue weighted by Crippen LogP contribution is -2.38. The zero-order valence-corrected chi connectivity index (χ0v) is 15.4. The minimum absolute atomic E-state index is 0.0377. The lowest BCUT2D eigenvalue weighted by Gasteiger charge is -2.32. The van der Waals surface area contributed by atoms with Gasteiger partial charge in [0.05, 0.1) is 17.6 Å². The molecule has 1 unspecified atom stereocenters. The molecule has 2 aromatic carbocycles. The van der Waals surface area contributed by atoms with E-state index in [1.165, 1.54) is 0 Å². The van der Waals surface area contributed by atoms with Gasteiger partial charge < -0.3 is 4.74 Å². The topological polar surface area (TPSA) is 58.6 Å². The average molecular weight is 360 g/mol. The second kappa shape index (κ2) is 7.56. The SMILES string of the molecule is CCN1CCOC(c2ccc(NS(=O)(=O)c3ccccc3C)cc2)C1. The van der Waals surface area contributed by atoms with Gasteiger partial charge in [0.2, 0.25) is 0 Å². The molecule has 1 aliphatic rings. The van der Waals surface area contributed by atoms with Crippen molar-refractivity contribution in [3.05, 3.63) is 59.7 Å². The summed E-state index contributed by atoms with van der Waals surface area (Å²) in [7, 11) is -3.58. The van der Waals surface area contributed by atoms with E-state index in [1.807, 2.05) is 18.2 Å². The Labute approximate surface area is 149 Å². The van der Waals surface area contributed by atoms with Crippen LogP contribution in [0.4, 0.5) is 5.69 Å². The molecule has 0 spiro atoms. The van der Waals surface area contributed by atoms with Gasteiger partial charge in [-0.1, -0.05) is 37.3 Å². The van der Waals surface area contributed by atoms with Gasteiger partial charge in [-0.3, -0.25) is 9.62 Å². The highest BCUT2D eigenvalue weighted by atomic mass is 32.2. The number of nitrogens with one attached hydrogen (secondary N) is 1. The van der Waals surface area contributed by atoms with E-state index in [0.717, 1.165) is 37.4 Å². The molecule has 5 nitrogen and oxygen atoms in total. The molecule has 0 aromatic heterocycles. The number of ether oxygens (including phenoxy) is 1. The number of anilines is 1. The van der Waals surface area contributed by atoms with Crippen molar-refractivity contribution in [1.29, 1.82) is 0 Å². The first kappa shape index (κ1) is 17.9. The Hall–Kier alpha value is -1.89. The number of aryl methyl sites for hydroxylation is 1. The summed E-state index contributed by atoms with van der Waals surface area (Å²) in [6.07, 6.45) is 0.0377. The van der Waals surface area contributed by atoms with Crippen LogP contribution in [0.2, 0.25) is 0 Å². The van der Waals surface area contributed by atoms with Crippen molar-refractivity contribution < 1.29 is 13.2 Å². The second-order valence-electron chi connectivity index (χ2n) is 6.25. The van der Waals surface area contributed by atoms with Crippen LogP contribution in [0.5, 0.6) is 0 Å². The summed E-state index contributed by atoms with van der Waals surface area (Å²) in [5, 5.41) is 0. The molecule has 0 radical (unpaired) electrons. The molecule has 6 heteroatoms. The van der Waals surface area contributed by atoms with Gasteiger partial charge in [0, 0.05) is 18.8 Å². The van der Waals surface area contributed by atoms with Crippen LogP contribution in [0.1, 0.15) is 24.2 Å². The van der Waals surface area contributed by atoms with E-state index in [4.69, 9.17) is 4.74 Å². The van der Waals surface area contributed by atoms with E-state index in [2.05, 4.69) is 16.5 Å². The van der Waals surface area contributed by atoms with Crippen molar-refractivity contribution in [2.24, 2.45) is 0 Å². The smallest absolute Gasteiger partial charge is 0.262 e. The zero-order chi connectivity index (χ0) is 17.9. The molecule has 1 N–H and O–H groups in total. The van der Waals surface area contributed by atoms with Crippen molar-refractivity contribution in [2.75, 3.05) is 31.0 Å². The lowest BCUT2D eigenvalue weighted by atomic mass is 10.1. The Kier molecular flexibility index (Phi) is 5.42. The predicted molar refractivity (Wildman–Crippen MR) is 99.2 cm³/mol. The van der Waals surface area contributed by atoms with Crippen molar-refractivity contribution in [3.8, 4) is 0 Å². The van der Waals surface area contributed by atoms with E-state index < -0.39 is 10.0 Å². The molecule has 1 atom stereocenters. The summed E-state index contributed by atoms with van der Waals surface area (Å²) < 4.78 is 33.6. The quantitative estimate of drug-likeness (QED) is 0.890. The first-order valence-corrected chi connectivity index (χ1v) is 10.0. The van der Waals surface area contributed by atoms with Gasteiger partial charge >= 0.3 is 0 Å². The number of morpholine rings is 1. The van der Waals surface area contributed by atoms with Crippen LogP contribution in [-0.2, 0) is 14.8 Å².